The number of amides is 2. The Balaban J connectivity index is 1.54. The van der Waals surface area contributed by atoms with Crippen molar-refractivity contribution in [3.05, 3.63) is 78.0 Å². The second kappa shape index (κ2) is 8.70. The Kier molecular flexibility index (Phi) is 5.57. The Morgan fingerprint density at radius 3 is 2.56 bits per heavy atom. The maximum atomic E-state index is 15.8. The largest absolute Gasteiger partial charge is 0.320 e. The van der Waals surface area contributed by atoms with E-state index in [0.717, 1.165) is 12.1 Å². The zero-order valence-corrected chi connectivity index (χ0v) is 18.5. The highest BCUT2D eigenvalue weighted by atomic mass is 19.1. The van der Waals surface area contributed by atoms with Gasteiger partial charge >= 0.3 is 0 Å². The van der Waals surface area contributed by atoms with E-state index >= 15 is 4.39 Å². The van der Waals surface area contributed by atoms with Crippen LogP contribution in [0.4, 0.5) is 20.2 Å². The molecule has 1 N–H and O–H groups in total. The Morgan fingerprint density at radius 2 is 1.88 bits per heavy atom. The summed E-state index contributed by atoms with van der Waals surface area (Å²) in [6.45, 7) is 2.98. The van der Waals surface area contributed by atoms with Gasteiger partial charge in [0.15, 0.2) is 5.69 Å². The molecule has 0 atom stereocenters. The minimum Gasteiger partial charge on any atom is -0.320 e. The first kappa shape index (κ1) is 21.8. The van der Waals surface area contributed by atoms with Crippen molar-refractivity contribution in [1.29, 1.82) is 0 Å². The highest BCUT2D eigenvalue weighted by molar-refractivity contribution is 6.12. The number of nitrogens with zero attached hydrogens (tertiary/aromatic N) is 3. The van der Waals surface area contributed by atoms with Gasteiger partial charge in [-0.05, 0) is 61.4 Å². The molecule has 0 bridgehead atoms. The van der Waals surface area contributed by atoms with E-state index in [2.05, 4.69) is 10.4 Å². The maximum absolute atomic E-state index is 15.8. The number of rotatable bonds is 5. The summed E-state index contributed by atoms with van der Waals surface area (Å²) in [6.07, 6.45) is 1.36. The number of hydrogen-bond acceptors (Lipinski definition) is 3. The van der Waals surface area contributed by atoms with Gasteiger partial charge in [0.1, 0.15) is 11.6 Å². The van der Waals surface area contributed by atoms with Crippen LogP contribution >= 0.6 is 0 Å². The van der Waals surface area contributed by atoms with Crippen LogP contribution in [0.5, 0.6) is 0 Å². The number of nitrogens with one attached hydrogen (secondary N) is 1. The average molecular weight is 460 g/mol. The molecule has 172 valence electrons. The van der Waals surface area contributed by atoms with Gasteiger partial charge in [-0.2, -0.15) is 5.10 Å². The number of hydrogen-bond donors (Lipinski definition) is 1. The quantitative estimate of drug-likeness (QED) is 0.435. The summed E-state index contributed by atoms with van der Waals surface area (Å²) < 4.78 is 30.9. The van der Waals surface area contributed by atoms with Crippen LogP contribution in [0.3, 0.4) is 0 Å². The molecular weight excluding hydrogens is 438 g/mol. The number of fused-ring (bicyclic) bond motifs is 1. The highest BCUT2D eigenvalue weighted by Crippen LogP contribution is 2.33. The fraction of sp³-hybridized carbons (Fsp3) is 0.192. The summed E-state index contributed by atoms with van der Waals surface area (Å²) in [5, 5.41) is 7.03. The van der Waals surface area contributed by atoms with Crippen molar-refractivity contribution in [1.82, 2.24) is 9.78 Å². The van der Waals surface area contributed by atoms with Crippen molar-refractivity contribution in [3.8, 4) is 11.1 Å². The van der Waals surface area contributed by atoms with Gasteiger partial charge < -0.3 is 10.2 Å². The second-order valence-electron chi connectivity index (χ2n) is 8.15. The van der Waals surface area contributed by atoms with Gasteiger partial charge in [-0.15, -0.1) is 0 Å². The van der Waals surface area contributed by atoms with Crippen molar-refractivity contribution in [2.45, 2.75) is 26.3 Å². The van der Waals surface area contributed by atoms with E-state index < -0.39 is 17.5 Å². The molecule has 0 radical (unpaired) electrons. The minimum absolute atomic E-state index is 0.0697. The fourth-order valence-corrected chi connectivity index (χ4v) is 4.35. The van der Waals surface area contributed by atoms with E-state index in [9.17, 15) is 14.0 Å². The van der Waals surface area contributed by atoms with E-state index in [-0.39, 0.29) is 22.7 Å². The number of anilines is 2. The van der Waals surface area contributed by atoms with Gasteiger partial charge in [0.2, 0.25) is 5.91 Å². The van der Waals surface area contributed by atoms with E-state index in [1.807, 2.05) is 6.92 Å². The van der Waals surface area contributed by atoms with Crippen LogP contribution in [0.25, 0.3) is 22.0 Å². The van der Waals surface area contributed by atoms with Crippen molar-refractivity contribution in [3.63, 3.8) is 0 Å². The molecular formula is C26H22F2N4O2. The Hall–Kier alpha value is -4.07. The number of benzene rings is 3. The second-order valence-corrected chi connectivity index (χ2v) is 8.15. The standard InChI is InChI=1S/C26H22F2N4O2/c1-2-32-21-13-12-20(16-8-10-19(11-9-16)31-14-4-7-22(31)33)24(28)23(21)25(30-32)26(34)29-18-6-3-5-17(27)15-18/h3,5-6,8-13,15H,2,4,7,14H2,1H3,(H,29,34). The molecule has 3 aromatic carbocycles. The zero-order valence-electron chi connectivity index (χ0n) is 18.5. The molecule has 2 heterocycles. The smallest absolute Gasteiger partial charge is 0.276 e. The molecule has 34 heavy (non-hydrogen) atoms. The monoisotopic (exact) mass is 460 g/mol. The number of carbonyl (C=O) groups is 2. The predicted octanol–water partition coefficient (Wildman–Crippen LogP) is 5.38. The van der Waals surface area contributed by atoms with Crippen molar-refractivity contribution < 1.29 is 18.4 Å². The summed E-state index contributed by atoms with van der Waals surface area (Å²) in [6, 6.07) is 16.0. The molecule has 1 aliphatic rings. The van der Waals surface area contributed by atoms with Crippen molar-refractivity contribution >= 4 is 34.1 Å². The predicted molar refractivity (Wildman–Crippen MR) is 127 cm³/mol. The van der Waals surface area contributed by atoms with Crippen LogP contribution in [0, 0.1) is 11.6 Å². The summed E-state index contributed by atoms with van der Waals surface area (Å²) in [5.74, 6) is -1.59. The van der Waals surface area contributed by atoms with Crippen LogP contribution in [-0.2, 0) is 11.3 Å². The number of halogens is 2. The molecule has 1 saturated heterocycles. The molecule has 8 heteroatoms. The van der Waals surface area contributed by atoms with Crippen molar-refractivity contribution in [2.75, 3.05) is 16.8 Å². The van der Waals surface area contributed by atoms with Gasteiger partial charge in [-0.25, -0.2) is 8.78 Å². The maximum Gasteiger partial charge on any atom is 0.276 e. The molecule has 1 aromatic heterocycles. The molecule has 5 rings (SSSR count). The molecule has 2 amide bonds. The molecule has 0 saturated carbocycles. The van der Waals surface area contributed by atoms with E-state index in [1.54, 1.807) is 52.0 Å². The topological polar surface area (TPSA) is 67.2 Å². The fourth-order valence-electron chi connectivity index (χ4n) is 4.35. The van der Waals surface area contributed by atoms with Crippen molar-refractivity contribution in [2.24, 2.45) is 0 Å². The van der Waals surface area contributed by atoms with E-state index in [0.29, 0.717) is 36.2 Å². The van der Waals surface area contributed by atoms with E-state index in [4.69, 9.17) is 0 Å². The molecule has 0 spiro atoms. The van der Waals surface area contributed by atoms with Gasteiger partial charge in [0.25, 0.3) is 5.91 Å². The minimum atomic E-state index is -0.623. The van der Waals surface area contributed by atoms with Crippen LogP contribution in [0.2, 0.25) is 0 Å². The summed E-state index contributed by atoms with van der Waals surface area (Å²) in [4.78, 5) is 26.7. The Bertz CT molecular complexity index is 1410. The first-order chi connectivity index (χ1) is 16.5. The van der Waals surface area contributed by atoms with Crippen LogP contribution in [0.1, 0.15) is 30.3 Å². The Morgan fingerprint density at radius 1 is 1.09 bits per heavy atom. The molecule has 6 nitrogen and oxygen atoms in total. The lowest BCUT2D eigenvalue weighted by atomic mass is 10.0. The molecule has 0 aliphatic carbocycles. The molecule has 1 fully saturated rings. The first-order valence-electron chi connectivity index (χ1n) is 11.1. The normalized spacial score (nSPS) is 13.6. The van der Waals surface area contributed by atoms with Crippen LogP contribution < -0.4 is 10.2 Å². The number of carbonyl (C=O) groups excluding carboxylic acids is 2. The lowest BCUT2D eigenvalue weighted by Gasteiger charge is -2.16. The Labute approximate surface area is 194 Å². The summed E-state index contributed by atoms with van der Waals surface area (Å²) in [7, 11) is 0. The SMILES string of the molecule is CCn1nc(C(=O)Nc2cccc(F)c2)c2c(F)c(-c3ccc(N4CCCC4=O)cc3)ccc21. The number of aryl methyl sites for hydroxylation is 1. The molecule has 4 aromatic rings. The summed E-state index contributed by atoms with van der Waals surface area (Å²) >= 11 is 0. The molecule has 1 aliphatic heterocycles. The zero-order chi connectivity index (χ0) is 23.8. The lowest BCUT2D eigenvalue weighted by molar-refractivity contribution is -0.117. The number of aromatic nitrogens is 2. The van der Waals surface area contributed by atoms with Gasteiger partial charge in [-0.3, -0.25) is 14.3 Å². The van der Waals surface area contributed by atoms with Gasteiger partial charge in [-0.1, -0.05) is 18.2 Å². The van der Waals surface area contributed by atoms with Crippen LogP contribution in [-0.4, -0.2) is 28.1 Å². The first-order valence-corrected chi connectivity index (χ1v) is 11.1. The van der Waals surface area contributed by atoms with Gasteiger partial charge in [0.05, 0.1) is 10.9 Å². The van der Waals surface area contributed by atoms with Crippen LogP contribution in [0.15, 0.2) is 60.7 Å². The average Bonchev–Trinajstić information content (AvgIpc) is 3.43. The third-order valence-corrected chi connectivity index (χ3v) is 6.02. The third kappa shape index (κ3) is 3.81. The highest BCUT2D eigenvalue weighted by Gasteiger charge is 2.24. The van der Waals surface area contributed by atoms with Gasteiger partial charge in [0, 0.05) is 36.4 Å². The lowest BCUT2D eigenvalue weighted by Crippen LogP contribution is -2.23. The van der Waals surface area contributed by atoms with E-state index in [1.165, 1.54) is 18.2 Å². The summed E-state index contributed by atoms with van der Waals surface area (Å²) in [5.41, 5.74) is 2.40. The molecule has 0 unspecified atom stereocenters. The third-order valence-electron chi connectivity index (χ3n) is 6.02.